The molecule has 1 aliphatic carbocycles. The van der Waals surface area contributed by atoms with E-state index in [-0.39, 0.29) is 12.0 Å². The summed E-state index contributed by atoms with van der Waals surface area (Å²) in [5.41, 5.74) is 10.7. The Kier molecular flexibility index (Phi) is 3.97. The zero-order valence-corrected chi connectivity index (χ0v) is 16.7. The lowest BCUT2D eigenvalue weighted by Crippen LogP contribution is -2.28. The minimum Gasteiger partial charge on any atom is -0.393 e. The number of hydrogen-bond donors (Lipinski definition) is 2. The predicted octanol–water partition coefficient (Wildman–Crippen LogP) is 3.83. The van der Waals surface area contributed by atoms with Gasteiger partial charge in [-0.1, -0.05) is 42.5 Å². The second kappa shape index (κ2) is 6.85. The molecule has 2 aromatic carbocycles. The van der Waals surface area contributed by atoms with E-state index in [4.69, 9.17) is 15.7 Å². The first kappa shape index (κ1) is 18.0. The van der Waals surface area contributed by atoms with E-state index in [1.54, 1.807) is 12.4 Å². The van der Waals surface area contributed by atoms with E-state index in [0.717, 1.165) is 39.1 Å². The van der Waals surface area contributed by atoms with Crippen molar-refractivity contribution in [3.63, 3.8) is 0 Å². The first-order valence-corrected chi connectivity index (χ1v) is 10.3. The van der Waals surface area contributed by atoms with Gasteiger partial charge in [-0.15, -0.1) is 0 Å². The molecule has 0 aliphatic heterocycles. The average molecular weight is 408 g/mol. The minimum absolute atomic E-state index is 0.188. The van der Waals surface area contributed by atoms with E-state index in [1.165, 1.54) is 0 Å². The fraction of sp³-hybridized carbons (Fsp3) is 0.167. The van der Waals surface area contributed by atoms with Crippen molar-refractivity contribution < 1.29 is 5.11 Å². The Morgan fingerprint density at radius 1 is 0.935 bits per heavy atom. The number of nitrogen functional groups attached to an aromatic ring is 1. The van der Waals surface area contributed by atoms with Gasteiger partial charge in [0.2, 0.25) is 0 Å². The molecular formula is C24H20N6O. The highest BCUT2D eigenvalue weighted by atomic mass is 16.3. The molecule has 31 heavy (non-hydrogen) atoms. The topological polar surface area (TPSA) is 102 Å². The summed E-state index contributed by atoms with van der Waals surface area (Å²) in [6, 6.07) is 16.0. The summed E-state index contributed by atoms with van der Waals surface area (Å²) in [6.07, 6.45) is 6.41. The quantitative estimate of drug-likeness (QED) is 0.470. The molecule has 0 amide bonds. The van der Waals surface area contributed by atoms with Crippen LogP contribution in [0.4, 0.5) is 5.82 Å². The lowest BCUT2D eigenvalue weighted by molar-refractivity contribution is 0.0716. The zero-order valence-electron chi connectivity index (χ0n) is 16.7. The number of nitrogens with zero attached hydrogens (tertiary/aromatic N) is 5. The van der Waals surface area contributed by atoms with Gasteiger partial charge in [-0.2, -0.15) is 0 Å². The molecule has 0 radical (unpaired) electrons. The molecule has 1 saturated carbocycles. The Balaban J connectivity index is 1.51. The molecule has 0 atom stereocenters. The number of fused-ring (bicyclic) bond motifs is 2. The SMILES string of the molecule is Nc1cncc2c(-c3ccc4cnc(-c5ccccc5)nc4c3)nc(C3CC(O)C3)n12. The molecular weight excluding hydrogens is 388 g/mol. The first-order chi connectivity index (χ1) is 15.2. The van der Waals surface area contributed by atoms with Gasteiger partial charge in [-0.3, -0.25) is 9.38 Å². The van der Waals surface area contributed by atoms with Crippen LogP contribution in [0.15, 0.2) is 67.1 Å². The molecule has 3 aromatic heterocycles. The largest absolute Gasteiger partial charge is 0.393 e. The van der Waals surface area contributed by atoms with Crippen molar-refractivity contribution in [2.24, 2.45) is 0 Å². The summed E-state index contributed by atoms with van der Waals surface area (Å²) in [5.74, 6) is 2.30. The van der Waals surface area contributed by atoms with Crippen molar-refractivity contribution in [1.29, 1.82) is 0 Å². The van der Waals surface area contributed by atoms with Crippen LogP contribution in [-0.2, 0) is 0 Å². The predicted molar refractivity (Wildman–Crippen MR) is 119 cm³/mol. The van der Waals surface area contributed by atoms with Gasteiger partial charge >= 0.3 is 0 Å². The maximum atomic E-state index is 9.79. The van der Waals surface area contributed by atoms with Gasteiger partial charge < -0.3 is 10.8 Å². The van der Waals surface area contributed by atoms with Crippen LogP contribution in [0.2, 0.25) is 0 Å². The molecule has 1 fully saturated rings. The Morgan fingerprint density at radius 3 is 2.58 bits per heavy atom. The molecule has 5 aromatic rings. The molecule has 7 nitrogen and oxygen atoms in total. The maximum Gasteiger partial charge on any atom is 0.159 e. The number of nitrogens with two attached hydrogens (primary N) is 1. The second-order valence-electron chi connectivity index (χ2n) is 8.03. The van der Waals surface area contributed by atoms with Crippen LogP contribution in [0.5, 0.6) is 0 Å². The third-order valence-corrected chi connectivity index (χ3v) is 5.97. The number of aliphatic hydroxyl groups excluding tert-OH is 1. The standard InChI is InChI=1S/C24H20N6O/c25-21-13-26-12-20-22(29-24(30(20)21)17-8-18(31)9-17)15-6-7-16-11-27-23(28-19(16)10-15)14-4-2-1-3-5-14/h1-7,10-13,17-18,31H,8-9,25H2. The zero-order chi connectivity index (χ0) is 20.9. The summed E-state index contributed by atoms with van der Waals surface area (Å²) < 4.78 is 1.96. The summed E-state index contributed by atoms with van der Waals surface area (Å²) >= 11 is 0. The smallest absolute Gasteiger partial charge is 0.159 e. The summed E-state index contributed by atoms with van der Waals surface area (Å²) in [4.78, 5) is 18.5. The molecule has 0 bridgehead atoms. The average Bonchev–Trinajstić information content (AvgIpc) is 3.17. The normalized spacial score (nSPS) is 18.4. The summed E-state index contributed by atoms with van der Waals surface area (Å²) in [6.45, 7) is 0. The van der Waals surface area contributed by atoms with E-state index >= 15 is 0 Å². The van der Waals surface area contributed by atoms with Crippen molar-refractivity contribution in [2.75, 3.05) is 5.73 Å². The summed E-state index contributed by atoms with van der Waals surface area (Å²) in [5, 5.41) is 10.8. The Labute approximate surface area is 178 Å². The van der Waals surface area contributed by atoms with Crippen molar-refractivity contribution in [1.82, 2.24) is 24.3 Å². The minimum atomic E-state index is -0.266. The monoisotopic (exact) mass is 408 g/mol. The van der Waals surface area contributed by atoms with Gasteiger partial charge in [0.25, 0.3) is 0 Å². The Morgan fingerprint density at radius 2 is 1.77 bits per heavy atom. The number of hydrogen-bond acceptors (Lipinski definition) is 6. The number of benzene rings is 2. The third-order valence-electron chi connectivity index (χ3n) is 5.97. The van der Waals surface area contributed by atoms with Crippen LogP contribution in [0.25, 0.3) is 39.1 Å². The van der Waals surface area contributed by atoms with Crippen LogP contribution in [0.3, 0.4) is 0 Å². The molecule has 0 unspecified atom stereocenters. The van der Waals surface area contributed by atoms with Crippen LogP contribution in [0, 0.1) is 0 Å². The Bertz CT molecular complexity index is 1420. The van der Waals surface area contributed by atoms with Crippen molar-refractivity contribution >= 4 is 22.2 Å². The number of rotatable bonds is 3. The van der Waals surface area contributed by atoms with Gasteiger partial charge in [-0.25, -0.2) is 15.0 Å². The molecule has 152 valence electrons. The fourth-order valence-corrected chi connectivity index (χ4v) is 4.27. The van der Waals surface area contributed by atoms with Crippen molar-refractivity contribution in [3.8, 4) is 22.6 Å². The van der Waals surface area contributed by atoms with Gasteiger partial charge in [0, 0.05) is 28.6 Å². The van der Waals surface area contributed by atoms with Gasteiger partial charge in [-0.05, 0) is 18.9 Å². The van der Waals surface area contributed by atoms with Crippen molar-refractivity contribution in [3.05, 3.63) is 72.9 Å². The van der Waals surface area contributed by atoms with E-state index in [1.807, 2.05) is 59.1 Å². The highest BCUT2D eigenvalue weighted by molar-refractivity contribution is 5.88. The van der Waals surface area contributed by atoms with E-state index < -0.39 is 0 Å². The first-order valence-electron chi connectivity index (χ1n) is 10.3. The highest BCUT2D eigenvalue weighted by Crippen LogP contribution is 2.39. The van der Waals surface area contributed by atoms with Crippen LogP contribution in [0.1, 0.15) is 24.6 Å². The summed E-state index contributed by atoms with van der Waals surface area (Å²) in [7, 11) is 0. The number of aromatic nitrogens is 5. The van der Waals surface area contributed by atoms with Crippen LogP contribution < -0.4 is 5.73 Å². The number of imidazole rings is 1. The lowest BCUT2D eigenvalue weighted by Gasteiger charge is -2.30. The van der Waals surface area contributed by atoms with E-state index in [0.29, 0.717) is 24.5 Å². The van der Waals surface area contributed by atoms with Gasteiger partial charge in [0.1, 0.15) is 11.6 Å². The van der Waals surface area contributed by atoms with Crippen LogP contribution >= 0.6 is 0 Å². The molecule has 0 spiro atoms. The van der Waals surface area contributed by atoms with E-state index in [2.05, 4.69) is 9.97 Å². The molecule has 3 heterocycles. The maximum absolute atomic E-state index is 9.79. The fourth-order valence-electron chi connectivity index (χ4n) is 4.27. The molecule has 3 N–H and O–H groups in total. The third kappa shape index (κ3) is 2.93. The van der Waals surface area contributed by atoms with Crippen LogP contribution in [-0.4, -0.2) is 35.5 Å². The van der Waals surface area contributed by atoms with E-state index in [9.17, 15) is 5.11 Å². The number of anilines is 1. The molecule has 0 saturated heterocycles. The second-order valence-corrected chi connectivity index (χ2v) is 8.03. The van der Waals surface area contributed by atoms with Gasteiger partial charge in [0.05, 0.1) is 35.2 Å². The molecule has 6 rings (SSSR count). The highest BCUT2D eigenvalue weighted by Gasteiger charge is 2.33. The van der Waals surface area contributed by atoms with Gasteiger partial charge in [0.15, 0.2) is 5.82 Å². The lowest BCUT2D eigenvalue weighted by atomic mass is 9.82. The van der Waals surface area contributed by atoms with Crippen molar-refractivity contribution in [2.45, 2.75) is 24.9 Å². The Hall–Kier alpha value is -3.84. The number of aliphatic hydroxyl groups is 1. The molecule has 7 heteroatoms. The molecule has 1 aliphatic rings.